The standard InChI is InChI=1S/C13H12BrN3/c14-13-3-1-11(2-4-13)9-16-17-10-12-5-7-15-8-6-12/h1-9,17H,10H2. The summed E-state index contributed by atoms with van der Waals surface area (Å²) in [6.45, 7) is 0.704. The first-order valence-corrected chi connectivity index (χ1v) is 6.04. The van der Waals surface area contributed by atoms with Crippen LogP contribution in [0, 0.1) is 0 Å². The summed E-state index contributed by atoms with van der Waals surface area (Å²) < 4.78 is 1.07. The molecule has 2 aromatic rings. The van der Waals surface area contributed by atoms with Crippen LogP contribution in [0.4, 0.5) is 0 Å². The van der Waals surface area contributed by atoms with E-state index in [0.717, 1.165) is 15.6 Å². The van der Waals surface area contributed by atoms with Crippen LogP contribution in [0.15, 0.2) is 58.4 Å². The Labute approximate surface area is 109 Å². The van der Waals surface area contributed by atoms with Gasteiger partial charge >= 0.3 is 0 Å². The lowest BCUT2D eigenvalue weighted by atomic mass is 10.2. The smallest absolute Gasteiger partial charge is 0.0581 e. The highest BCUT2D eigenvalue weighted by Gasteiger charge is 1.89. The molecule has 0 aliphatic rings. The number of halogens is 1. The maximum atomic E-state index is 4.16. The van der Waals surface area contributed by atoms with Gasteiger partial charge in [-0.3, -0.25) is 4.98 Å². The fraction of sp³-hybridized carbons (Fsp3) is 0.0769. The van der Waals surface area contributed by atoms with E-state index in [1.165, 1.54) is 0 Å². The Kier molecular flexibility index (Phi) is 4.27. The summed E-state index contributed by atoms with van der Waals surface area (Å²) in [5, 5.41) is 4.16. The number of hydrogen-bond acceptors (Lipinski definition) is 3. The molecule has 0 saturated heterocycles. The molecule has 86 valence electrons. The monoisotopic (exact) mass is 289 g/mol. The molecule has 0 radical (unpaired) electrons. The van der Waals surface area contributed by atoms with Crippen LogP contribution in [-0.2, 0) is 6.54 Å². The van der Waals surface area contributed by atoms with Crippen LogP contribution in [0.2, 0.25) is 0 Å². The highest BCUT2D eigenvalue weighted by Crippen LogP contribution is 2.08. The van der Waals surface area contributed by atoms with Crippen molar-refractivity contribution in [1.29, 1.82) is 0 Å². The summed E-state index contributed by atoms with van der Waals surface area (Å²) in [6, 6.07) is 11.9. The fourth-order valence-electron chi connectivity index (χ4n) is 1.31. The molecule has 0 amide bonds. The third kappa shape index (κ3) is 4.00. The summed E-state index contributed by atoms with van der Waals surface area (Å²) in [5.74, 6) is 0. The number of nitrogens with one attached hydrogen (secondary N) is 1. The molecule has 2 rings (SSSR count). The molecule has 0 aliphatic heterocycles. The normalized spacial score (nSPS) is 10.6. The lowest BCUT2D eigenvalue weighted by Crippen LogP contribution is -2.05. The van der Waals surface area contributed by atoms with Crippen LogP contribution in [0.5, 0.6) is 0 Å². The number of pyridine rings is 1. The average molecular weight is 290 g/mol. The van der Waals surface area contributed by atoms with Crippen molar-refractivity contribution in [3.8, 4) is 0 Å². The summed E-state index contributed by atoms with van der Waals surface area (Å²) >= 11 is 3.39. The lowest BCUT2D eigenvalue weighted by molar-refractivity contribution is 0.747. The number of benzene rings is 1. The Bertz CT molecular complexity index is 480. The van der Waals surface area contributed by atoms with Crippen molar-refractivity contribution in [2.24, 2.45) is 5.10 Å². The van der Waals surface area contributed by atoms with E-state index in [1.54, 1.807) is 18.6 Å². The molecular formula is C13H12BrN3. The van der Waals surface area contributed by atoms with Gasteiger partial charge in [0.2, 0.25) is 0 Å². The first-order chi connectivity index (χ1) is 8.34. The van der Waals surface area contributed by atoms with Crippen molar-refractivity contribution in [3.63, 3.8) is 0 Å². The number of aromatic nitrogens is 1. The van der Waals surface area contributed by atoms with Gasteiger partial charge < -0.3 is 5.43 Å². The van der Waals surface area contributed by atoms with E-state index in [-0.39, 0.29) is 0 Å². The van der Waals surface area contributed by atoms with E-state index in [1.807, 2.05) is 36.4 Å². The Morgan fingerprint density at radius 3 is 2.53 bits per heavy atom. The Morgan fingerprint density at radius 1 is 1.12 bits per heavy atom. The molecule has 0 spiro atoms. The Hall–Kier alpha value is -1.68. The first-order valence-electron chi connectivity index (χ1n) is 5.25. The van der Waals surface area contributed by atoms with Gasteiger partial charge in [-0.15, -0.1) is 0 Å². The van der Waals surface area contributed by atoms with Crippen LogP contribution < -0.4 is 5.43 Å². The highest BCUT2D eigenvalue weighted by atomic mass is 79.9. The second-order valence-corrected chi connectivity index (χ2v) is 4.42. The highest BCUT2D eigenvalue weighted by molar-refractivity contribution is 9.10. The molecule has 1 heterocycles. The summed E-state index contributed by atoms with van der Waals surface area (Å²) in [5.41, 5.74) is 5.22. The van der Waals surface area contributed by atoms with E-state index in [2.05, 4.69) is 31.4 Å². The van der Waals surface area contributed by atoms with E-state index < -0.39 is 0 Å². The predicted molar refractivity (Wildman–Crippen MR) is 72.8 cm³/mol. The number of nitrogens with zero attached hydrogens (tertiary/aromatic N) is 2. The molecule has 1 N–H and O–H groups in total. The minimum atomic E-state index is 0.704. The van der Waals surface area contributed by atoms with Gasteiger partial charge in [0.25, 0.3) is 0 Å². The summed E-state index contributed by atoms with van der Waals surface area (Å²) in [6.07, 6.45) is 5.35. The largest absolute Gasteiger partial charge is 0.306 e. The maximum Gasteiger partial charge on any atom is 0.0581 e. The topological polar surface area (TPSA) is 37.3 Å². The number of rotatable bonds is 4. The predicted octanol–water partition coefficient (Wildman–Crippen LogP) is 2.97. The second-order valence-electron chi connectivity index (χ2n) is 3.50. The van der Waals surface area contributed by atoms with Crippen molar-refractivity contribution in [3.05, 3.63) is 64.4 Å². The second kappa shape index (κ2) is 6.15. The Morgan fingerprint density at radius 2 is 1.82 bits per heavy atom. The van der Waals surface area contributed by atoms with Gasteiger partial charge in [-0.2, -0.15) is 5.10 Å². The molecule has 0 fully saturated rings. The Balaban J connectivity index is 1.84. The molecule has 0 unspecified atom stereocenters. The molecule has 1 aromatic carbocycles. The van der Waals surface area contributed by atoms with Crippen molar-refractivity contribution in [1.82, 2.24) is 10.4 Å². The van der Waals surface area contributed by atoms with Crippen molar-refractivity contribution >= 4 is 22.1 Å². The van der Waals surface area contributed by atoms with Crippen LogP contribution in [0.25, 0.3) is 0 Å². The fourth-order valence-corrected chi connectivity index (χ4v) is 1.57. The van der Waals surface area contributed by atoms with Gasteiger partial charge in [0, 0.05) is 16.9 Å². The quantitative estimate of drug-likeness (QED) is 0.694. The molecule has 4 heteroatoms. The average Bonchev–Trinajstić information content (AvgIpc) is 2.38. The van der Waals surface area contributed by atoms with Crippen LogP contribution in [0.3, 0.4) is 0 Å². The lowest BCUT2D eigenvalue weighted by Gasteiger charge is -1.99. The molecular weight excluding hydrogens is 278 g/mol. The van der Waals surface area contributed by atoms with Gasteiger partial charge in [0.1, 0.15) is 0 Å². The van der Waals surface area contributed by atoms with Crippen molar-refractivity contribution in [2.75, 3.05) is 0 Å². The van der Waals surface area contributed by atoms with Crippen molar-refractivity contribution < 1.29 is 0 Å². The molecule has 0 bridgehead atoms. The van der Waals surface area contributed by atoms with Crippen molar-refractivity contribution in [2.45, 2.75) is 6.54 Å². The van der Waals surface area contributed by atoms with Gasteiger partial charge in [-0.05, 0) is 35.4 Å². The summed E-state index contributed by atoms with van der Waals surface area (Å²) in [7, 11) is 0. The van der Waals surface area contributed by atoms with Gasteiger partial charge in [0.05, 0.1) is 12.8 Å². The number of hydrazone groups is 1. The molecule has 17 heavy (non-hydrogen) atoms. The first kappa shape index (κ1) is 11.8. The van der Waals surface area contributed by atoms with Crippen LogP contribution in [0.1, 0.15) is 11.1 Å². The van der Waals surface area contributed by atoms with E-state index in [4.69, 9.17) is 0 Å². The van der Waals surface area contributed by atoms with Gasteiger partial charge in [-0.1, -0.05) is 28.1 Å². The third-order valence-corrected chi connectivity index (χ3v) is 2.74. The summed E-state index contributed by atoms with van der Waals surface area (Å²) in [4.78, 5) is 3.96. The van der Waals surface area contributed by atoms with Crippen LogP contribution >= 0.6 is 15.9 Å². The molecule has 0 saturated carbocycles. The third-order valence-electron chi connectivity index (χ3n) is 2.21. The molecule has 0 aliphatic carbocycles. The van der Waals surface area contributed by atoms with Crippen LogP contribution in [-0.4, -0.2) is 11.2 Å². The molecule has 3 nitrogen and oxygen atoms in total. The van der Waals surface area contributed by atoms with Gasteiger partial charge in [-0.25, -0.2) is 0 Å². The minimum Gasteiger partial charge on any atom is -0.306 e. The SMILES string of the molecule is Brc1ccc(C=NNCc2ccncc2)cc1. The zero-order valence-corrected chi connectivity index (χ0v) is 10.8. The minimum absolute atomic E-state index is 0.704. The van der Waals surface area contributed by atoms with Gasteiger partial charge in [0.15, 0.2) is 0 Å². The van der Waals surface area contributed by atoms with E-state index in [0.29, 0.717) is 6.54 Å². The molecule has 1 aromatic heterocycles. The van der Waals surface area contributed by atoms with E-state index in [9.17, 15) is 0 Å². The zero-order chi connectivity index (χ0) is 11.9. The van der Waals surface area contributed by atoms with E-state index >= 15 is 0 Å². The maximum absolute atomic E-state index is 4.16. The zero-order valence-electron chi connectivity index (χ0n) is 9.18. The molecule has 0 atom stereocenters. The number of hydrogen-bond donors (Lipinski definition) is 1.